The van der Waals surface area contributed by atoms with Crippen LogP contribution in [0.3, 0.4) is 0 Å². The van der Waals surface area contributed by atoms with Gasteiger partial charge in [-0.1, -0.05) is 30.3 Å². The van der Waals surface area contributed by atoms with Crippen molar-refractivity contribution >= 4 is 34.2 Å². The molecule has 0 bridgehead atoms. The fourth-order valence-corrected chi connectivity index (χ4v) is 2.78. The van der Waals surface area contributed by atoms with Crippen LogP contribution >= 0.6 is 0 Å². The van der Waals surface area contributed by atoms with Gasteiger partial charge in [-0.2, -0.15) is 0 Å². The Kier molecular flexibility index (Phi) is 4.35. The van der Waals surface area contributed by atoms with Gasteiger partial charge in [-0.15, -0.1) is 0 Å². The third-order valence-electron chi connectivity index (χ3n) is 3.92. The number of hydrogen-bond donors (Lipinski definition) is 3. The molecule has 3 aromatic rings. The smallest absolute Gasteiger partial charge is 0.296 e. The van der Waals surface area contributed by atoms with E-state index in [4.69, 9.17) is 5.73 Å². The molecule has 1 aromatic heterocycles. The highest BCUT2D eigenvalue weighted by molar-refractivity contribution is 6.48. The van der Waals surface area contributed by atoms with Gasteiger partial charge >= 0.3 is 0 Å². The number of aromatic nitrogens is 1. The first-order chi connectivity index (χ1) is 12.0. The van der Waals surface area contributed by atoms with E-state index in [0.29, 0.717) is 16.9 Å². The second kappa shape index (κ2) is 6.60. The monoisotopic (exact) mass is 335 g/mol. The number of anilines is 1. The molecule has 0 saturated carbocycles. The van der Waals surface area contributed by atoms with Crippen LogP contribution in [0.5, 0.6) is 0 Å². The molecule has 6 heteroatoms. The van der Waals surface area contributed by atoms with Gasteiger partial charge in [-0.05, 0) is 30.7 Å². The number of Topliss-reactive ketones (excluding diaryl/α,β-unsaturated/α-hetero) is 1. The van der Waals surface area contributed by atoms with Crippen molar-refractivity contribution in [3.8, 4) is 0 Å². The number of primary amides is 1. The molecule has 1 heterocycles. The van der Waals surface area contributed by atoms with Crippen LogP contribution in [0.25, 0.3) is 10.9 Å². The summed E-state index contributed by atoms with van der Waals surface area (Å²) >= 11 is 0. The molecule has 2 aromatic carbocycles. The molecule has 4 N–H and O–H groups in total. The molecule has 0 fully saturated rings. The standard InChI is InChI=1S/C19H17N3O3/c1-11-17(14-4-2-3-5-15(14)21-11)18(24)19(25)22-13-8-6-12(7-9-13)10-16(20)23/h2-9,21H,10H2,1H3,(H2,20,23)(H,22,25). The summed E-state index contributed by atoms with van der Waals surface area (Å²) in [5.74, 6) is -1.74. The van der Waals surface area contributed by atoms with Gasteiger partial charge in [-0.25, -0.2) is 0 Å². The number of nitrogens with one attached hydrogen (secondary N) is 2. The minimum atomic E-state index is -0.712. The molecule has 25 heavy (non-hydrogen) atoms. The highest BCUT2D eigenvalue weighted by Crippen LogP contribution is 2.22. The summed E-state index contributed by atoms with van der Waals surface area (Å²) in [5.41, 5.74) is 8.19. The molecular formula is C19H17N3O3. The third-order valence-corrected chi connectivity index (χ3v) is 3.92. The van der Waals surface area contributed by atoms with Crippen molar-refractivity contribution in [2.45, 2.75) is 13.3 Å². The zero-order valence-corrected chi connectivity index (χ0v) is 13.6. The zero-order valence-electron chi connectivity index (χ0n) is 13.6. The lowest BCUT2D eigenvalue weighted by Crippen LogP contribution is -2.23. The summed E-state index contributed by atoms with van der Waals surface area (Å²) in [6, 6.07) is 14.0. The van der Waals surface area contributed by atoms with E-state index in [9.17, 15) is 14.4 Å². The van der Waals surface area contributed by atoms with Crippen molar-refractivity contribution in [3.63, 3.8) is 0 Å². The summed E-state index contributed by atoms with van der Waals surface area (Å²) in [6.07, 6.45) is 0.127. The number of carbonyl (C=O) groups excluding carboxylic acids is 3. The number of nitrogens with two attached hydrogens (primary N) is 1. The van der Waals surface area contributed by atoms with Crippen LogP contribution in [0.15, 0.2) is 48.5 Å². The number of rotatable bonds is 5. The van der Waals surface area contributed by atoms with Gasteiger partial charge in [0.05, 0.1) is 12.0 Å². The highest BCUT2D eigenvalue weighted by atomic mass is 16.2. The summed E-state index contributed by atoms with van der Waals surface area (Å²) in [6.45, 7) is 1.76. The van der Waals surface area contributed by atoms with Crippen molar-refractivity contribution in [2.75, 3.05) is 5.32 Å². The average molecular weight is 335 g/mol. The van der Waals surface area contributed by atoms with Crippen LogP contribution < -0.4 is 11.1 Å². The largest absolute Gasteiger partial charge is 0.369 e. The van der Waals surface area contributed by atoms with E-state index in [1.807, 2.05) is 18.2 Å². The summed E-state index contributed by atoms with van der Waals surface area (Å²) < 4.78 is 0. The highest BCUT2D eigenvalue weighted by Gasteiger charge is 2.22. The number of aromatic amines is 1. The van der Waals surface area contributed by atoms with E-state index < -0.39 is 17.6 Å². The molecule has 126 valence electrons. The van der Waals surface area contributed by atoms with Crippen LogP contribution in [-0.2, 0) is 16.0 Å². The fourth-order valence-electron chi connectivity index (χ4n) is 2.78. The maximum atomic E-state index is 12.6. The Bertz CT molecular complexity index is 971. The molecule has 0 radical (unpaired) electrons. The predicted octanol–water partition coefficient (Wildman–Crippen LogP) is 2.33. The van der Waals surface area contributed by atoms with Gasteiger partial charge in [0.2, 0.25) is 5.91 Å². The molecule has 6 nitrogen and oxygen atoms in total. The zero-order chi connectivity index (χ0) is 18.0. The van der Waals surface area contributed by atoms with Gasteiger partial charge in [0, 0.05) is 22.3 Å². The van der Waals surface area contributed by atoms with Crippen LogP contribution in [-0.4, -0.2) is 22.6 Å². The van der Waals surface area contributed by atoms with Gasteiger partial charge in [0.1, 0.15) is 0 Å². The van der Waals surface area contributed by atoms with Crippen molar-refractivity contribution < 1.29 is 14.4 Å². The number of benzene rings is 2. The van der Waals surface area contributed by atoms with Crippen molar-refractivity contribution in [3.05, 3.63) is 65.4 Å². The number of ketones is 1. The number of amides is 2. The number of hydrogen-bond acceptors (Lipinski definition) is 3. The fraction of sp³-hybridized carbons (Fsp3) is 0.105. The predicted molar refractivity (Wildman–Crippen MR) is 95.3 cm³/mol. The Morgan fingerprint density at radius 1 is 1.04 bits per heavy atom. The average Bonchev–Trinajstić information content (AvgIpc) is 2.91. The lowest BCUT2D eigenvalue weighted by atomic mass is 10.1. The molecule has 0 saturated heterocycles. The van der Waals surface area contributed by atoms with E-state index in [1.54, 1.807) is 37.3 Å². The third kappa shape index (κ3) is 3.42. The topological polar surface area (TPSA) is 105 Å². The Morgan fingerprint density at radius 3 is 2.40 bits per heavy atom. The van der Waals surface area contributed by atoms with E-state index >= 15 is 0 Å². The Labute approximate surface area is 144 Å². The maximum Gasteiger partial charge on any atom is 0.296 e. The quantitative estimate of drug-likeness (QED) is 0.492. The van der Waals surface area contributed by atoms with Crippen LogP contribution in [0.1, 0.15) is 21.6 Å². The first-order valence-corrected chi connectivity index (χ1v) is 7.76. The van der Waals surface area contributed by atoms with Crippen molar-refractivity contribution in [1.82, 2.24) is 4.98 Å². The molecule has 0 unspecified atom stereocenters. The van der Waals surface area contributed by atoms with Crippen molar-refractivity contribution in [2.24, 2.45) is 5.73 Å². The first kappa shape index (κ1) is 16.4. The lowest BCUT2D eigenvalue weighted by molar-refractivity contribution is -0.117. The molecular weight excluding hydrogens is 318 g/mol. The van der Waals surface area contributed by atoms with Gasteiger partial charge in [-0.3, -0.25) is 14.4 Å². The maximum absolute atomic E-state index is 12.6. The van der Waals surface area contributed by atoms with E-state index in [-0.39, 0.29) is 6.42 Å². The van der Waals surface area contributed by atoms with Gasteiger partial charge in [0.15, 0.2) is 0 Å². The molecule has 0 atom stereocenters. The summed E-state index contributed by atoms with van der Waals surface area (Å²) in [4.78, 5) is 38.9. The second-order valence-electron chi connectivity index (χ2n) is 5.79. The molecule has 2 amide bonds. The normalized spacial score (nSPS) is 10.6. The van der Waals surface area contributed by atoms with Gasteiger partial charge < -0.3 is 16.0 Å². The van der Waals surface area contributed by atoms with Crippen LogP contribution in [0.2, 0.25) is 0 Å². The second-order valence-corrected chi connectivity index (χ2v) is 5.79. The molecule has 0 aliphatic heterocycles. The molecule has 0 aliphatic rings. The molecule has 0 aliphatic carbocycles. The number of aryl methyl sites for hydroxylation is 1. The Morgan fingerprint density at radius 2 is 1.72 bits per heavy atom. The Balaban J connectivity index is 1.79. The minimum absolute atomic E-state index is 0.127. The number of carbonyl (C=O) groups is 3. The lowest BCUT2D eigenvalue weighted by Gasteiger charge is -2.06. The number of H-pyrrole nitrogens is 1. The van der Waals surface area contributed by atoms with E-state index in [2.05, 4.69) is 10.3 Å². The molecule has 3 rings (SSSR count). The van der Waals surface area contributed by atoms with Crippen molar-refractivity contribution in [1.29, 1.82) is 0 Å². The SMILES string of the molecule is Cc1[nH]c2ccccc2c1C(=O)C(=O)Nc1ccc(CC(N)=O)cc1. The number of para-hydroxylation sites is 1. The van der Waals surface area contributed by atoms with E-state index in [1.165, 1.54) is 0 Å². The minimum Gasteiger partial charge on any atom is -0.369 e. The Hall–Kier alpha value is -3.41. The van der Waals surface area contributed by atoms with Crippen LogP contribution in [0.4, 0.5) is 5.69 Å². The summed E-state index contributed by atoms with van der Waals surface area (Å²) in [5, 5.41) is 3.30. The first-order valence-electron chi connectivity index (χ1n) is 7.76. The number of fused-ring (bicyclic) bond motifs is 1. The van der Waals surface area contributed by atoms with Crippen LogP contribution in [0, 0.1) is 6.92 Å². The summed E-state index contributed by atoms with van der Waals surface area (Å²) in [7, 11) is 0. The van der Waals surface area contributed by atoms with E-state index in [0.717, 1.165) is 16.5 Å². The van der Waals surface area contributed by atoms with Gasteiger partial charge in [0.25, 0.3) is 11.7 Å². The molecule has 0 spiro atoms.